The minimum absolute atomic E-state index is 0.102. The molecule has 3 amide bonds. The van der Waals surface area contributed by atoms with Crippen LogP contribution in [0.15, 0.2) is 54.7 Å². The second-order valence-corrected chi connectivity index (χ2v) is 9.49. The Kier molecular flexibility index (Phi) is 8.50. The van der Waals surface area contributed by atoms with E-state index in [1.165, 1.54) is 0 Å². The van der Waals surface area contributed by atoms with E-state index >= 15 is 0 Å². The van der Waals surface area contributed by atoms with Crippen molar-refractivity contribution >= 4 is 17.7 Å². The summed E-state index contributed by atoms with van der Waals surface area (Å²) in [6, 6.07) is 13.7. The molecular weight excluding hydrogens is 472 g/mol. The number of nitrogens with zero attached hydrogens (tertiary/aromatic N) is 3. The number of carbonyl (C=O) groups excluding carboxylic acids is 3. The molecule has 0 saturated heterocycles. The summed E-state index contributed by atoms with van der Waals surface area (Å²) in [5, 5.41) is 16.8. The van der Waals surface area contributed by atoms with Crippen LogP contribution in [-0.4, -0.2) is 45.4 Å². The van der Waals surface area contributed by atoms with E-state index in [-0.39, 0.29) is 36.6 Å². The third-order valence-electron chi connectivity index (χ3n) is 5.94. The van der Waals surface area contributed by atoms with Crippen molar-refractivity contribution < 1.29 is 19.1 Å². The molecule has 1 aromatic heterocycles. The summed E-state index contributed by atoms with van der Waals surface area (Å²) in [5.74, 6) is 0.183. The molecule has 0 saturated carbocycles. The van der Waals surface area contributed by atoms with E-state index in [4.69, 9.17) is 4.74 Å². The highest BCUT2D eigenvalue weighted by molar-refractivity contribution is 5.97. The molecule has 0 spiro atoms. The lowest BCUT2D eigenvalue weighted by Gasteiger charge is -2.20. The Labute approximate surface area is 215 Å². The maximum Gasteiger partial charge on any atom is 0.251 e. The van der Waals surface area contributed by atoms with Crippen LogP contribution >= 0.6 is 0 Å². The Morgan fingerprint density at radius 3 is 2.43 bits per heavy atom. The van der Waals surface area contributed by atoms with Gasteiger partial charge in [0.15, 0.2) is 0 Å². The molecule has 0 unspecified atom stereocenters. The molecule has 10 heteroatoms. The van der Waals surface area contributed by atoms with E-state index in [0.29, 0.717) is 43.1 Å². The van der Waals surface area contributed by atoms with Gasteiger partial charge in [-0.1, -0.05) is 43.3 Å². The molecule has 37 heavy (non-hydrogen) atoms. The summed E-state index contributed by atoms with van der Waals surface area (Å²) in [7, 11) is 0. The molecule has 6 bridgehead atoms. The van der Waals surface area contributed by atoms with Crippen LogP contribution in [0.1, 0.15) is 47.4 Å². The smallest absolute Gasteiger partial charge is 0.251 e. The average Bonchev–Trinajstić information content (AvgIpc) is 3.34. The molecule has 0 radical (unpaired) electrons. The molecule has 3 aliphatic heterocycles. The quantitative estimate of drug-likeness (QED) is 0.490. The van der Waals surface area contributed by atoms with Crippen LogP contribution < -0.4 is 20.7 Å². The summed E-state index contributed by atoms with van der Waals surface area (Å²) >= 11 is 0. The SMILES string of the molecule is CC(C)C[C@H]1NC(=O)c2ccc(cc2)CNC(=O)Cc2ccc(cc2)OCCn2cc(nn2)CNC1=O. The second-order valence-electron chi connectivity index (χ2n) is 9.49. The topological polar surface area (TPSA) is 127 Å². The first-order valence-electron chi connectivity index (χ1n) is 12.4. The van der Waals surface area contributed by atoms with Gasteiger partial charge in [0.1, 0.15) is 24.1 Å². The Morgan fingerprint density at radius 2 is 1.70 bits per heavy atom. The van der Waals surface area contributed by atoms with E-state index in [1.54, 1.807) is 35.1 Å². The summed E-state index contributed by atoms with van der Waals surface area (Å²) in [6.45, 7) is 5.41. The zero-order chi connectivity index (χ0) is 26.2. The van der Waals surface area contributed by atoms with Gasteiger partial charge in [0.2, 0.25) is 11.8 Å². The monoisotopic (exact) mass is 504 g/mol. The molecule has 0 aliphatic carbocycles. The molecule has 0 fully saturated rings. The molecule has 10 nitrogen and oxygen atoms in total. The van der Waals surface area contributed by atoms with Gasteiger partial charge >= 0.3 is 0 Å². The molecule has 3 aliphatic rings. The van der Waals surface area contributed by atoms with E-state index in [2.05, 4.69) is 26.3 Å². The first kappa shape index (κ1) is 25.9. The van der Waals surface area contributed by atoms with Crippen molar-refractivity contribution in [2.75, 3.05) is 6.61 Å². The average molecular weight is 505 g/mol. The lowest BCUT2D eigenvalue weighted by atomic mass is 10.0. The van der Waals surface area contributed by atoms with Crippen molar-refractivity contribution in [2.24, 2.45) is 5.92 Å². The zero-order valence-corrected chi connectivity index (χ0v) is 21.1. The van der Waals surface area contributed by atoms with Crippen molar-refractivity contribution in [1.29, 1.82) is 0 Å². The normalized spacial score (nSPS) is 17.5. The third-order valence-corrected chi connectivity index (χ3v) is 5.94. The van der Waals surface area contributed by atoms with Crippen molar-refractivity contribution in [1.82, 2.24) is 30.9 Å². The lowest BCUT2D eigenvalue weighted by Crippen LogP contribution is -2.47. The van der Waals surface area contributed by atoms with Crippen LogP contribution in [0.4, 0.5) is 0 Å². The Bertz CT molecular complexity index is 1220. The number of rotatable bonds is 2. The minimum atomic E-state index is -0.688. The molecule has 1 atom stereocenters. The first-order chi connectivity index (χ1) is 17.9. The Hall–Kier alpha value is -4.21. The van der Waals surface area contributed by atoms with Gasteiger partial charge in [0.25, 0.3) is 5.91 Å². The number of hydrogen-bond donors (Lipinski definition) is 3. The second kappa shape index (κ2) is 12.2. The number of hydrogen-bond acceptors (Lipinski definition) is 6. The van der Waals surface area contributed by atoms with Gasteiger partial charge in [0, 0.05) is 12.1 Å². The maximum absolute atomic E-state index is 12.9. The number of fused-ring (bicyclic) bond motifs is 2. The molecule has 3 N–H and O–H groups in total. The first-order valence-corrected chi connectivity index (χ1v) is 12.4. The third kappa shape index (κ3) is 7.63. The zero-order valence-electron chi connectivity index (χ0n) is 21.1. The molecule has 2 aromatic carbocycles. The van der Waals surface area contributed by atoms with E-state index in [1.807, 2.05) is 38.1 Å². The van der Waals surface area contributed by atoms with Gasteiger partial charge < -0.3 is 20.7 Å². The fraction of sp³-hybridized carbons (Fsp3) is 0.370. The standard InChI is InChI=1S/C27H32N6O4/c1-18(2)13-24-27(36)29-16-22-17-33(32-31-22)11-12-37-23-9-5-19(6-10-23)14-25(34)28-15-20-3-7-21(8-4-20)26(35)30-24/h3-10,17-18,24H,11-16H2,1-2H3,(H,28,34)(H,29,36)(H,30,35)/t24-/m1/s1. The number of aromatic nitrogens is 3. The Balaban J connectivity index is 1.51. The van der Waals surface area contributed by atoms with Crippen LogP contribution in [0.2, 0.25) is 0 Å². The van der Waals surface area contributed by atoms with Crippen molar-refractivity contribution in [3.63, 3.8) is 0 Å². The molecule has 194 valence electrons. The summed E-state index contributed by atoms with van der Waals surface area (Å²) in [5.41, 5.74) is 2.80. The van der Waals surface area contributed by atoms with Crippen LogP contribution in [-0.2, 0) is 35.6 Å². The van der Waals surface area contributed by atoms with E-state index in [9.17, 15) is 14.4 Å². The molecule has 4 heterocycles. The van der Waals surface area contributed by atoms with Gasteiger partial charge in [0.05, 0.1) is 25.7 Å². The maximum atomic E-state index is 12.9. The molecule has 6 rings (SSSR count). The minimum Gasteiger partial charge on any atom is -0.492 e. The predicted molar refractivity (Wildman–Crippen MR) is 137 cm³/mol. The van der Waals surface area contributed by atoms with Crippen molar-refractivity contribution in [2.45, 2.75) is 52.4 Å². The molecule has 3 aromatic rings. The van der Waals surface area contributed by atoms with Crippen LogP contribution in [0.25, 0.3) is 0 Å². The highest BCUT2D eigenvalue weighted by Crippen LogP contribution is 2.13. The summed E-state index contributed by atoms with van der Waals surface area (Å²) < 4.78 is 7.43. The van der Waals surface area contributed by atoms with Crippen molar-refractivity contribution in [3.05, 3.63) is 77.1 Å². The number of nitrogens with one attached hydrogen (secondary N) is 3. The van der Waals surface area contributed by atoms with Crippen LogP contribution in [0.5, 0.6) is 5.75 Å². The highest BCUT2D eigenvalue weighted by atomic mass is 16.5. The van der Waals surface area contributed by atoms with Gasteiger partial charge in [-0.3, -0.25) is 14.4 Å². The fourth-order valence-electron chi connectivity index (χ4n) is 3.96. The number of carbonyl (C=O) groups is 3. The number of amides is 3. The lowest BCUT2D eigenvalue weighted by molar-refractivity contribution is -0.123. The predicted octanol–water partition coefficient (Wildman–Crippen LogP) is 1.99. The molecular formula is C27H32N6O4. The van der Waals surface area contributed by atoms with Crippen LogP contribution in [0.3, 0.4) is 0 Å². The largest absolute Gasteiger partial charge is 0.492 e. The number of benzene rings is 2. The van der Waals surface area contributed by atoms with Gasteiger partial charge in [-0.15, -0.1) is 5.10 Å². The van der Waals surface area contributed by atoms with E-state index < -0.39 is 6.04 Å². The van der Waals surface area contributed by atoms with Gasteiger partial charge in [-0.2, -0.15) is 0 Å². The number of ether oxygens (including phenoxy) is 1. The highest BCUT2D eigenvalue weighted by Gasteiger charge is 2.23. The van der Waals surface area contributed by atoms with Gasteiger partial charge in [-0.05, 0) is 47.7 Å². The van der Waals surface area contributed by atoms with Crippen LogP contribution in [0, 0.1) is 5.92 Å². The van der Waals surface area contributed by atoms with Crippen molar-refractivity contribution in [3.8, 4) is 5.75 Å². The fourth-order valence-corrected chi connectivity index (χ4v) is 3.96. The summed E-state index contributed by atoms with van der Waals surface area (Å²) in [4.78, 5) is 38.2. The Morgan fingerprint density at radius 1 is 0.973 bits per heavy atom. The van der Waals surface area contributed by atoms with Gasteiger partial charge in [-0.25, -0.2) is 4.68 Å². The van der Waals surface area contributed by atoms with E-state index in [0.717, 1.165) is 11.1 Å². The summed E-state index contributed by atoms with van der Waals surface area (Å²) in [6.07, 6.45) is 2.50.